The van der Waals surface area contributed by atoms with E-state index in [4.69, 9.17) is 16.3 Å². The van der Waals surface area contributed by atoms with Crippen molar-refractivity contribution in [2.45, 2.75) is 5.60 Å². The van der Waals surface area contributed by atoms with Gasteiger partial charge in [-0.1, -0.05) is 6.07 Å². The molecule has 1 unspecified atom stereocenters. The van der Waals surface area contributed by atoms with Gasteiger partial charge >= 0.3 is 5.97 Å². The summed E-state index contributed by atoms with van der Waals surface area (Å²) < 4.78 is 10.0. The fourth-order valence-corrected chi connectivity index (χ4v) is 2.50. The minimum atomic E-state index is -0.834. The van der Waals surface area contributed by atoms with Gasteiger partial charge in [-0.15, -0.1) is 22.9 Å². The SMILES string of the molecule is COC(=O)C1=N[CH]C(CCl)(c2cccs2)O1. The molecule has 0 spiro atoms. The first-order valence-electron chi connectivity index (χ1n) is 4.51. The molecule has 16 heavy (non-hydrogen) atoms. The van der Waals surface area contributed by atoms with Crippen molar-refractivity contribution in [3.8, 4) is 0 Å². The summed E-state index contributed by atoms with van der Waals surface area (Å²) in [5.41, 5.74) is -0.834. The number of thiophene rings is 1. The highest BCUT2D eigenvalue weighted by atomic mass is 35.5. The Labute approximate surface area is 102 Å². The van der Waals surface area contributed by atoms with Gasteiger partial charge < -0.3 is 9.47 Å². The Hall–Kier alpha value is -1.07. The summed E-state index contributed by atoms with van der Waals surface area (Å²) in [7, 11) is 1.28. The van der Waals surface area contributed by atoms with Crippen LogP contribution in [0.15, 0.2) is 22.5 Å². The molecule has 1 atom stereocenters. The summed E-state index contributed by atoms with van der Waals surface area (Å²) in [6.45, 7) is 1.54. The van der Waals surface area contributed by atoms with E-state index in [9.17, 15) is 4.79 Å². The van der Waals surface area contributed by atoms with Gasteiger partial charge in [-0.2, -0.15) is 0 Å². The molecule has 0 bridgehead atoms. The van der Waals surface area contributed by atoms with E-state index in [0.717, 1.165) is 4.88 Å². The number of alkyl halides is 1. The molecule has 1 aliphatic heterocycles. The van der Waals surface area contributed by atoms with Gasteiger partial charge in [0.2, 0.25) is 0 Å². The van der Waals surface area contributed by atoms with E-state index < -0.39 is 11.6 Å². The van der Waals surface area contributed by atoms with E-state index in [0.29, 0.717) is 0 Å². The summed E-state index contributed by atoms with van der Waals surface area (Å²) in [5.74, 6) is -0.464. The lowest BCUT2D eigenvalue weighted by molar-refractivity contribution is -0.134. The van der Waals surface area contributed by atoms with Crippen LogP contribution in [0.5, 0.6) is 0 Å². The van der Waals surface area contributed by atoms with Crippen molar-refractivity contribution in [1.82, 2.24) is 0 Å². The largest absolute Gasteiger partial charge is 0.462 e. The van der Waals surface area contributed by atoms with Crippen molar-refractivity contribution in [2.24, 2.45) is 4.99 Å². The first kappa shape index (κ1) is 11.4. The minimum absolute atomic E-state index is 0.0587. The highest BCUT2D eigenvalue weighted by molar-refractivity contribution is 7.10. The van der Waals surface area contributed by atoms with Crippen molar-refractivity contribution in [1.29, 1.82) is 0 Å². The van der Waals surface area contributed by atoms with Gasteiger partial charge in [0.1, 0.15) is 6.54 Å². The second-order valence-corrected chi connectivity index (χ2v) is 4.37. The van der Waals surface area contributed by atoms with Gasteiger partial charge in [0.25, 0.3) is 5.90 Å². The number of rotatable bonds is 3. The van der Waals surface area contributed by atoms with E-state index in [2.05, 4.69) is 9.73 Å². The number of nitrogens with zero attached hydrogens (tertiary/aromatic N) is 1. The molecule has 6 heteroatoms. The van der Waals surface area contributed by atoms with Crippen molar-refractivity contribution >= 4 is 34.8 Å². The molecule has 1 aromatic rings. The Morgan fingerprint density at radius 2 is 2.56 bits per heavy atom. The van der Waals surface area contributed by atoms with Crippen molar-refractivity contribution < 1.29 is 14.3 Å². The maximum atomic E-state index is 11.2. The zero-order chi connectivity index (χ0) is 11.6. The Morgan fingerprint density at radius 3 is 3.12 bits per heavy atom. The highest BCUT2D eigenvalue weighted by Crippen LogP contribution is 2.37. The number of hydrogen-bond donors (Lipinski definition) is 0. The summed E-state index contributed by atoms with van der Waals surface area (Å²) in [6, 6.07) is 3.78. The van der Waals surface area contributed by atoms with E-state index in [1.54, 1.807) is 0 Å². The number of hydrogen-bond acceptors (Lipinski definition) is 5. The summed E-state index contributed by atoms with van der Waals surface area (Å²) in [4.78, 5) is 16.1. The molecule has 0 aliphatic carbocycles. The molecule has 4 nitrogen and oxygen atoms in total. The van der Waals surface area contributed by atoms with Gasteiger partial charge in [-0.05, 0) is 11.4 Å². The van der Waals surface area contributed by atoms with Crippen LogP contribution in [0.4, 0.5) is 0 Å². The van der Waals surface area contributed by atoms with E-state index in [1.165, 1.54) is 25.0 Å². The molecule has 85 valence electrons. The Bertz CT molecular complexity index is 418. The van der Waals surface area contributed by atoms with Crippen LogP contribution in [0, 0.1) is 6.54 Å². The molecule has 2 rings (SSSR count). The van der Waals surface area contributed by atoms with Crippen LogP contribution in [0.2, 0.25) is 0 Å². The molecule has 1 aliphatic rings. The number of carbonyl (C=O) groups is 1. The third-order valence-corrected chi connectivity index (χ3v) is 3.59. The average Bonchev–Trinajstić information content (AvgIpc) is 2.97. The number of aliphatic imine (C=N–C) groups is 1. The van der Waals surface area contributed by atoms with Crippen LogP contribution in [0.3, 0.4) is 0 Å². The lowest BCUT2D eigenvalue weighted by Crippen LogP contribution is -2.31. The quantitative estimate of drug-likeness (QED) is 0.615. The summed E-state index contributed by atoms with van der Waals surface area (Å²) in [6.07, 6.45) is 0. The predicted octanol–water partition coefficient (Wildman–Crippen LogP) is 1.95. The fourth-order valence-electron chi connectivity index (χ4n) is 1.33. The smallest absolute Gasteiger partial charge is 0.393 e. The zero-order valence-electron chi connectivity index (χ0n) is 8.47. The molecule has 0 amide bonds. The maximum Gasteiger partial charge on any atom is 0.393 e. The Morgan fingerprint density at radius 1 is 1.75 bits per heavy atom. The lowest BCUT2D eigenvalue weighted by atomic mass is 10.1. The number of halogens is 1. The molecule has 0 saturated carbocycles. The van der Waals surface area contributed by atoms with Crippen LogP contribution >= 0.6 is 22.9 Å². The molecule has 0 aromatic carbocycles. The van der Waals surface area contributed by atoms with E-state index in [-0.39, 0.29) is 11.8 Å². The normalized spacial score (nSPS) is 23.8. The van der Waals surface area contributed by atoms with Gasteiger partial charge in [0, 0.05) is 0 Å². The van der Waals surface area contributed by atoms with Gasteiger partial charge in [0.15, 0.2) is 5.60 Å². The molecule has 2 heterocycles. The van der Waals surface area contributed by atoms with Crippen molar-refractivity contribution in [2.75, 3.05) is 13.0 Å². The summed E-state index contributed by atoms with van der Waals surface area (Å²) >= 11 is 7.39. The molecule has 1 radical (unpaired) electrons. The Kier molecular flexibility index (Phi) is 3.16. The number of methoxy groups -OCH3 is 1. The average molecular weight is 259 g/mol. The fraction of sp³-hybridized carbons (Fsp3) is 0.300. The standard InChI is InChI=1S/C10H9ClNO3S/c1-14-9(13)8-12-6-10(5-11,15-8)7-3-2-4-16-7/h2-4,6H,5H2,1H3. The number of ether oxygens (including phenoxy) is 2. The first-order valence-corrected chi connectivity index (χ1v) is 5.93. The Balaban J connectivity index is 2.21. The highest BCUT2D eigenvalue weighted by Gasteiger charge is 2.43. The van der Waals surface area contributed by atoms with Crippen LogP contribution < -0.4 is 0 Å². The van der Waals surface area contributed by atoms with Crippen LogP contribution in [0.25, 0.3) is 0 Å². The molecule has 0 saturated heterocycles. The molecule has 0 N–H and O–H groups in total. The van der Waals surface area contributed by atoms with Gasteiger partial charge in [-0.25, -0.2) is 9.79 Å². The third-order valence-electron chi connectivity index (χ3n) is 2.17. The monoisotopic (exact) mass is 258 g/mol. The molecular weight excluding hydrogens is 250 g/mol. The number of esters is 1. The first-order chi connectivity index (χ1) is 7.72. The summed E-state index contributed by atoms with van der Waals surface area (Å²) in [5, 5.41) is 1.91. The second-order valence-electron chi connectivity index (χ2n) is 3.16. The van der Waals surface area contributed by atoms with Crippen molar-refractivity contribution in [3.05, 3.63) is 28.9 Å². The zero-order valence-corrected chi connectivity index (χ0v) is 10.0. The molecular formula is C10H9ClNO3S. The van der Waals surface area contributed by atoms with Crippen LogP contribution in [0.1, 0.15) is 4.88 Å². The second kappa shape index (κ2) is 4.43. The van der Waals surface area contributed by atoms with Crippen LogP contribution in [-0.4, -0.2) is 24.9 Å². The van der Waals surface area contributed by atoms with Gasteiger partial charge in [-0.3, -0.25) is 0 Å². The van der Waals surface area contributed by atoms with E-state index in [1.807, 2.05) is 17.5 Å². The van der Waals surface area contributed by atoms with Gasteiger partial charge in [0.05, 0.1) is 17.9 Å². The molecule has 0 fully saturated rings. The minimum Gasteiger partial charge on any atom is -0.462 e. The maximum absolute atomic E-state index is 11.2. The van der Waals surface area contributed by atoms with E-state index >= 15 is 0 Å². The topological polar surface area (TPSA) is 47.9 Å². The lowest BCUT2D eigenvalue weighted by Gasteiger charge is -2.23. The third kappa shape index (κ3) is 1.81. The predicted molar refractivity (Wildman–Crippen MR) is 61.6 cm³/mol. The molecule has 1 aromatic heterocycles. The van der Waals surface area contributed by atoms with Crippen molar-refractivity contribution in [3.63, 3.8) is 0 Å². The van der Waals surface area contributed by atoms with Crippen LogP contribution in [-0.2, 0) is 19.9 Å². The number of carbonyl (C=O) groups excluding carboxylic acids is 1.